The van der Waals surface area contributed by atoms with Gasteiger partial charge in [-0.25, -0.2) is 4.98 Å². The number of hydrogen-bond acceptors (Lipinski definition) is 7. The predicted octanol–water partition coefficient (Wildman–Crippen LogP) is 4.79. The number of carbonyl (C=O) groups is 1. The van der Waals surface area contributed by atoms with E-state index in [-0.39, 0.29) is 5.91 Å². The van der Waals surface area contributed by atoms with Crippen LogP contribution in [0.4, 0.5) is 5.13 Å². The van der Waals surface area contributed by atoms with Crippen molar-refractivity contribution in [1.29, 1.82) is 0 Å². The number of carbonyl (C=O) groups excluding carboxylic acids is 1. The minimum absolute atomic E-state index is 0.0131. The average molecular weight is 472 g/mol. The Morgan fingerprint density at radius 1 is 1.22 bits per heavy atom. The van der Waals surface area contributed by atoms with Gasteiger partial charge >= 0.3 is 0 Å². The number of hydrogen-bond donors (Lipinski definition) is 0. The van der Waals surface area contributed by atoms with Crippen LogP contribution in [0.5, 0.6) is 5.75 Å². The molecule has 1 fully saturated rings. The number of thiazole rings is 1. The van der Waals surface area contributed by atoms with E-state index in [0.29, 0.717) is 18.7 Å². The predicted molar refractivity (Wildman–Crippen MR) is 133 cm³/mol. The van der Waals surface area contributed by atoms with Crippen molar-refractivity contribution in [3.63, 3.8) is 0 Å². The van der Waals surface area contributed by atoms with Crippen molar-refractivity contribution in [3.8, 4) is 5.75 Å². The Bertz CT molecular complexity index is 1050. The van der Waals surface area contributed by atoms with E-state index in [2.05, 4.69) is 17.9 Å². The van der Waals surface area contributed by atoms with Crippen molar-refractivity contribution in [2.24, 2.45) is 0 Å². The Morgan fingerprint density at radius 3 is 2.84 bits per heavy atom. The summed E-state index contributed by atoms with van der Waals surface area (Å²) in [6.07, 6.45) is 0. The Labute approximate surface area is 197 Å². The third-order valence-electron chi connectivity index (χ3n) is 5.27. The zero-order valence-corrected chi connectivity index (χ0v) is 20.2. The number of morpholine rings is 1. The second-order valence-electron chi connectivity index (χ2n) is 7.43. The Balaban J connectivity index is 1.62. The highest BCUT2D eigenvalue weighted by molar-refractivity contribution is 7.99. The number of fused-ring (bicyclic) bond motifs is 1. The van der Waals surface area contributed by atoms with Crippen LogP contribution in [-0.2, 0) is 4.74 Å². The molecule has 1 aliphatic heterocycles. The molecule has 0 bridgehead atoms. The molecular formula is C24H29N3O3S2. The molecule has 1 aliphatic rings. The van der Waals surface area contributed by atoms with E-state index >= 15 is 0 Å². The lowest BCUT2D eigenvalue weighted by molar-refractivity contribution is 0.0391. The first kappa shape index (κ1) is 23.0. The lowest BCUT2D eigenvalue weighted by Gasteiger charge is -2.29. The minimum atomic E-state index is -0.0131. The van der Waals surface area contributed by atoms with Crippen LogP contribution < -0.4 is 9.64 Å². The number of benzene rings is 2. The van der Waals surface area contributed by atoms with Gasteiger partial charge in [0.1, 0.15) is 5.75 Å². The fraction of sp³-hybridized carbons (Fsp3) is 0.417. The van der Waals surface area contributed by atoms with Gasteiger partial charge in [-0.1, -0.05) is 24.3 Å². The van der Waals surface area contributed by atoms with E-state index < -0.39 is 0 Å². The van der Waals surface area contributed by atoms with Gasteiger partial charge in [0.25, 0.3) is 5.91 Å². The van der Waals surface area contributed by atoms with Gasteiger partial charge in [0, 0.05) is 36.6 Å². The van der Waals surface area contributed by atoms with E-state index in [9.17, 15) is 4.79 Å². The van der Waals surface area contributed by atoms with Crippen molar-refractivity contribution >= 4 is 44.4 Å². The number of amides is 1. The van der Waals surface area contributed by atoms with Crippen molar-refractivity contribution in [3.05, 3.63) is 48.0 Å². The molecule has 0 saturated carbocycles. The molecule has 0 radical (unpaired) electrons. The first-order valence-corrected chi connectivity index (χ1v) is 12.9. The lowest BCUT2D eigenvalue weighted by Crippen LogP contribution is -2.43. The summed E-state index contributed by atoms with van der Waals surface area (Å²) in [4.78, 5) is 23.7. The highest BCUT2D eigenvalue weighted by Gasteiger charge is 2.23. The third-order valence-corrected chi connectivity index (χ3v) is 7.19. The molecule has 2 aromatic carbocycles. The summed E-state index contributed by atoms with van der Waals surface area (Å²) in [6.45, 7) is 9.35. The van der Waals surface area contributed by atoms with Crippen molar-refractivity contribution in [2.75, 3.05) is 56.7 Å². The Morgan fingerprint density at radius 2 is 2.06 bits per heavy atom. The first-order valence-electron chi connectivity index (χ1n) is 11.1. The average Bonchev–Trinajstić information content (AvgIpc) is 3.23. The summed E-state index contributed by atoms with van der Waals surface area (Å²) in [6, 6.07) is 13.8. The fourth-order valence-corrected chi connectivity index (χ4v) is 5.39. The normalized spacial score (nSPS) is 14.6. The first-order chi connectivity index (χ1) is 15.7. The number of ether oxygens (including phenoxy) is 2. The molecule has 6 nitrogen and oxygen atoms in total. The van der Waals surface area contributed by atoms with Crippen LogP contribution in [0.15, 0.2) is 47.4 Å². The van der Waals surface area contributed by atoms with Gasteiger partial charge in [0.05, 0.1) is 30.0 Å². The maximum atomic E-state index is 13.6. The molecule has 2 heterocycles. The number of rotatable bonds is 9. The quantitative estimate of drug-likeness (QED) is 0.419. The van der Waals surface area contributed by atoms with Crippen molar-refractivity contribution < 1.29 is 14.3 Å². The summed E-state index contributed by atoms with van der Waals surface area (Å²) in [5.74, 6) is 1.78. The van der Waals surface area contributed by atoms with Gasteiger partial charge in [0.15, 0.2) is 5.13 Å². The van der Waals surface area contributed by atoms with Crippen LogP contribution in [-0.4, -0.2) is 67.5 Å². The van der Waals surface area contributed by atoms with Crippen molar-refractivity contribution in [2.45, 2.75) is 18.7 Å². The zero-order chi connectivity index (χ0) is 22.3. The van der Waals surface area contributed by atoms with Crippen LogP contribution in [0.3, 0.4) is 0 Å². The highest BCUT2D eigenvalue weighted by Crippen LogP contribution is 2.32. The van der Waals surface area contributed by atoms with Gasteiger partial charge in [-0.3, -0.25) is 14.6 Å². The molecule has 170 valence electrons. The molecule has 1 amide bonds. The molecule has 0 aliphatic carbocycles. The Hall–Kier alpha value is -2.13. The molecular weight excluding hydrogens is 442 g/mol. The summed E-state index contributed by atoms with van der Waals surface area (Å²) in [5, 5.41) is 0.723. The maximum absolute atomic E-state index is 13.6. The molecule has 0 unspecified atom stereocenters. The van der Waals surface area contributed by atoms with Crippen LogP contribution >= 0.6 is 23.1 Å². The zero-order valence-electron chi connectivity index (χ0n) is 18.6. The molecule has 3 aromatic rings. The second kappa shape index (κ2) is 11.1. The maximum Gasteiger partial charge on any atom is 0.260 e. The third kappa shape index (κ3) is 5.61. The standard InChI is InChI=1S/C24H29N3O3S2/c1-3-30-19-8-9-21-22(17-19)32-24(25-21)27(11-10-26-12-14-29-15-13-26)23(28)18-6-5-7-20(16-18)31-4-2/h5-9,16-17H,3-4,10-15H2,1-2H3. The smallest absolute Gasteiger partial charge is 0.260 e. The van der Waals surface area contributed by atoms with Crippen LogP contribution in [0.25, 0.3) is 10.2 Å². The molecule has 1 aromatic heterocycles. The minimum Gasteiger partial charge on any atom is -0.494 e. The van der Waals surface area contributed by atoms with E-state index in [0.717, 1.165) is 64.6 Å². The molecule has 4 rings (SSSR count). The van der Waals surface area contributed by atoms with Gasteiger partial charge in [-0.05, 0) is 49.1 Å². The molecule has 0 atom stereocenters. The Kier molecular flexibility index (Phi) is 8.02. The van der Waals surface area contributed by atoms with E-state index in [4.69, 9.17) is 14.5 Å². The van der Waals surface area contributed by atoms with Gasteiger partial charge in [-0.15, -0.1) is 11.8 Å². The number of aromatic nitrogens is 1. The fourth-order valence-electron chi connectivity index (χ4n) is 3.66. The van der Waals surface area contributed by atoms with Gasteiger partial charge in [0.2, 0.25) is 0 Å². The number of nitrogens with zero attached hydrogens (tertiary/aromatic N) is 3. The summed E-state index contributed by atoms with van der Waals surface area (Å²) < 4.78 is 12.1. The molecule has 0 N–H and O–H groups in total. The van der Waals surface area contributed by atoms with E-state index in [1.165, 1.54) is 11.3 Å². The van der Waals surface area contributed by atoms with Crippen molar-refractivity contribution in [1.82, 2.24) is 9.88 Å². The van der Waals surface area contributed by atoms with E-state index in [1.54, 1.807) is 11.8 Å². The molecule has 32 heavy (non-hydrogen) atoms. The number of anilines is 1. The van der Waals surface area contributed by atoms with Gasteiger partial charge in [-0.2, -0.15) is 0 Å². The monoisotopic (exact) mass is 471 g/mol. The largest absolute Gasteiger partial charge is 0.494 e. The second-order valence-corrected chi connectivity index (χ2v) is 9.78. The van der Waals surface area contributed by atoms with E-state index in [1.807, 2.05) is 48.2 Å². The molecule has 8 heteroatoms. The summed E-state index contributed by atoms with van der Waals surface area (Å²) in [5.41, 5.74) is 1.58. The van der Waals surface area contributed by atoms with Crippen LogP contribution in [0.2, 0.25) is 0 Å². The van der Waals surface area contributed by atoms with Gasteiger partial charge < -0.3 is 9.47 Å². The molecule has 1 saturated heterocycles. The lowest BCUT2D eigenvalue weighted by atomic mass is 10.2. The topological polar surface area (TPSA) is 54.9 Å². The SMILES string of the molecule is CCOc1ccc2nc(N(CCN3CCOCC3)C(=O)c3cccc(SCC)c3)sc2c1. The highest BCUT2D eigenvalue weighted by atomic mass is 32.2. The van der Waals surface area contributed by atoms with Crippen LogP contribution in [0.1, 0.15) is 24.2 Å². The molecule has 0 spiro atoms. The summed E-state index contributed by atoms with van der Waals surface area (Å²) in [7, 11) is 0. The summed E-state index contributed by atoms with van der Waals surface area (Å²) >= 11 is 3.28. The number of thioether (sulfide) groups is 1. The van der Waals surface area contributed by atoms with Crippen LogP contribution in [0, 0.1) is 0 Å².